The Balaban J connectivity index is 1.98. The minimum atomic E-state index is 0.176. The highest BCUT2D eigenvalue weighted by Crippen LogP contribution is 2.18. The highest BCUT2D eigenvalue weighted by atomic mass is 16.5. The van der Waals surface area contributed by atoms with Gasteiger partial charge in [0.25, 0.3) is 0 Å². The molecule has 0 fully saturated rings. The van der Waals surface area contributed by atoms with E-state index in [0.29, 0.717) is 24.3 Å². The van der Waals surface area contributed by atoms with Gasteiger partial charge in [-0.25, -0.2) is 0 Å². The molecular formula is C26H36N2O4. The molecule has 0 saturated carbocycles. The molecule has 0 heterocycles. The average Bonchev–Trinajstić information content (AvgIpc) is 2.83. The highest BCUT2D eigenvalue weighted by Gasteiger charge is 2.16. The molecule has 2 aromatic rings. The summed E-state index contributed by atoms with van der Waals surface area (Å²) >= 11 is 0. The number of benzene rings is 2. The Morgan fingerprint density at radius 1 is 0.594 bits per heavy atom. The molecule has 32 heavy (non-hydrogen) atoms. The standard InChI is InChI=1S/C26H36N2O4/c1-3-5-7-9-19-31-23-15-11-21(12-16-23)25(27-29)26(28-30)22-13-17-24(18-14-22)32-20-10-8-6-4-2/h11-18,29-30H,3-10,19-20H2,1-2H3/b27-25-,28-26+. The molecule has 6 nitrogen and oxygen atoms in total. The van der Waals surface area contributed by atoms with Gasteiger partial charge >= 0.3 is 0 Å². The minimum Gasteiger partial charge on any atom is -0.494 e. The number of ether oxygens (including phenoxy) is 2. The topological polar surface area (TPSA) is 83.6 Å². The fourth-order valence-corrected chi connectivity index (χ4v) is 3.34. The lowest BCUT2D eigenvalue weighted by Gasteiger charge is -2.11. The number of unbranched alkanes of at least 4 members (excludes halogenated alkanes) is 6. The van der Waals surface area contributed by atoms with Gasteiger partial charge in [-0.05, 0) is 61.4 Å². The molecule has 0 aliphatic rings. The summed E-state index contributed by atoms with van der Waals surface area (Å²) in [6, 6.07) is 14.4. The van der Waals surface area contributed by atoms with Gasteiger partial charge in [0.05, 0.1) is 13.2 Å². The second kappa shape index (κ2) is 14.9. The van der Waals surface area contributed by atoms with Crippen molar-refractivity contribution in [1.82, 2.24) is 0 Å². The lowest BCUT2D eigenvalue weighted by molar-refractivity contribution is 0.305. The Morgan fingerprint density at radius 3 is 1.28 bits per heavy atom. The van der Waals surface area contributed by atoms with Crippen LogP contribution in [0.2, 0.25) is 0 Å². The predicted molar refractivity (Wildman–Crippen MR) is 129 cm³/mol. The zero-order chi connectivity index (χ0) is 23.0. The van der Waals surface area contributed by atoms with Crippen molar-refractivity contribution in [2.45, 2.75) is 65.2 Å². The van der Waals surface area contributed by atoms with Crippen LogP contribution >= 0.6 is 0 Å². The van der Waals surface area contributed by atoms with Crippen LogP contribution in [0.25, 0.3) is 0 Å². The second-order valence-corrected chi connectivity index (χ2v) is 7.76. The van der Waals surface area contributed by atoms with Crippen LogP contribution in [0.1, 0.15) is 76.3 Å². The van der Waals surface area contributed by atoms with E-state index in [1.165, 1.54) is 25.7 Å². The summed E-state index contributed by atoms with van der Waals surface area (Å²) < 4.78 is 11.5. The van der Waals surface area contributed by atoms with E-state index in [1.54, 1.807) is 24.3 Å². The van der Waals surface area contributed by atoms with Gasteiger partial charge in [0.2, 0.25) is 0 Å². The normalized spacial score (nSPS) is 12.1. The summed E-state index contributed by atoms with van der Waals surface area (Å²) in [6.45, 7) is 5.72. The van der Waals surface area contributed by atoms with Crippen LogP contribution in [-0.4, -0.2) is 35.1 Å². The third-order valence-electron chi connectivity index (χ3n) is 5.21. The van der Waals surface area contributed by atoms with Gasteiger partial charge in [-0.15, -0.1) is 0 Å². The van der Waals surface area contributed by atoms with Gasteiger partial charge in [0, 0.05) is 11.1 Å². The molecule has 0 spiro atoms. The third kappa shape index (κ3) is 8.25. The van der Waals surface area contributed by atoms with Crippen LogP contribution < -0.4 is 9.47 Å². The van der Waals surface area contributed by atoms with Gasteiger partial charge in [-0.1, -0.05) is 62.7 Å². The van der Waals surface area contributed by atoms with Gasteiger partial charge in [0.1, 0.15) is 22.9 Å². The zero-order valence-electron chi connectivity index (χ0n) is 19.3. The second-order valence-electron chi connectivity index (χ2n) is 7.76. The van der Waals surface area contributed by atoms with Gasteiger partial charge in [-0.2, -0.15) is 0 Å². The maximum atomic E-state index is 9.62. The van der Waals surface area contributed by atoms with Crippen LogP contribution in [0.3, 0.4) is 0 Å². The van der Waals surface area contributed by atoms with Crippen LogP contribution in [0.15, 0.2) is 58.8 Å². The number of nitrogens with zero attached hydrogens (tertiary/aromatic N) is 2. The highest BCUT2D eigenvalue weighted by molar-refractivity contribution is 6.53. The molecule has 174 valence electrons. The van der Waals surface area contributed by atoms with Gasteiger partial charge < -0.3 is 19.9 Å². The summed E-state index contributed by atoms with van der Waals surface area (Å²) in [7, 11) is 0. The van der Waals surface area contributed by atoms with Crippen LogP contribution in [0, 0.1) is 0 Å². The number of hydrogen-bond acceptors (Lipinski definition) is 6. The Hall–Kier alpha value is -3.02. The molecule has 0 amide bonds. The molecule has 0 aromatic heterocycles. The van der Waals surface area contributed by atoms with E-state index in [2.05, 4.69) is 24.2 Å². The molecule has 0 saturated heterocycles. The average molecular weight is 441 g/mol. The van der Waals surface area contributed by atoms with Crippen LogP contribution in [0.4, 0.5) is 0 Å². The summed E-state index contributed by atoms with van der Waals surface area (Å²) in [5.74, 6) is 1.51. The molecule has 0 aliphatic heterocycles. The van der Waals surface area contributed by atoms with E-state index in [9.17, 15) is 10.4 Å². The van der Waals surface area contributed by atoms with Crippen molar-refractivity contribution >= 4 is 11.4 Å². The lowest BCUT2D eigenvalue weighted by Crippen LogP contribution is -2.17. The van der Waals surface area contributed by atoms with E-state index in [4.69, 9.17) is 9.47 Å². The fourth-order valence-electron chi connectivity index (χ4n) is 3.34. The SMILES string of the molecule is CCCCCCOc1ccc(C(=N/O)/C(=N/O)c2ccc(OCCCCCC)cc2)cc1. The first kappa shape index (κ1) is 25.2. The smallest absolute Gasteiger partial charge is 0.139 e. The summed E-state index contributed by atoms with van der Waals surface area (Å²) in [4.78, 5) is 0. The Labute approximate surface area is 191 Å². The molecular weight excluding hydrogens is 404 g/mol. The molecule has 0 radical (unpaired) electrons. The first-order chi connectivity index (χ1) is 15.7. The minimum absolute atomic E-state index is 0.176. The monoisotopic (exact) mass is 440 g/mol. The van der Waals surface area contributed by atoms with Crippen molar-refractivity contribution in [2.24, 2.45) is 10.3 Å². The Kier molecular flexibility index (Phi) is 11.7. The van der Waals surface area contributed by atoms with Crippen molar-refractivity contribution in [3.63, 3.8) is 0 Å². The predicted octanol–water partition coefficient (Wildman–Crippen LogP) is 6.66. The number of oxime groups is 2. The van der Waals surface area contributed by atoms with Crippen molar-refractivity contribution in [3.05, 3.63) is 59.7 Å². The first-order valence-corrected chi connectivity index (χ1v) is 11.6. The van der Waals surface area contributed by atoms with Crippen molar-refractivity contribution < 1.29 is 19.9 Å². The largest absolute Gasteiger partial charge is 0.494 e. The quantitative estimate of drug-likeness (QED) is 0.140. The van der Waals surface area contributed by atoms with Crippen molar-refractivity contribution in [1.29, 1.82) is 0 Å². The molecule has 2 rings (SSSR count). The summed E-state index contributed by atoms with van der Waals surface area (Å²) in [6.07, 6.45) is 9.20. The van der Waals surface area contributed by atoms with E-state index in [0.717, 1.165) is 37.2 Å². The Morgan fingerprint density at radius 2 is 0.969 bits per heavy atom. The maximum absolute atomic E-state index is 9.62. The molecule has 2 aromatic carbocycles. The van der Waals surface area contributed by atoms with E-state index < -0.39 is 0 Å². The summed E-state index contributed by atoms with van der Waals surface area (Å²) in [5, 5.41) is 26.0. The molecule has 0 unspecified atom stereocenters. The third-order valence-corrected chi connectivity index (χ3v) is 5.21. The molecule has 0 aliphatic carbocycles. The lowest BCUT2D eigenvalue weighted by atomic mass is 10.00. The van der Waals surface area contributed by atoms with Gasteiger partial charge in [0.15, 0.2) is 0 Å². The Bertz CT molecular complexity index is 758. The van der Waals surface area contributed by atoms with E-state index in [-0.39, 0.29) is 11.4 Å². The van der Waals surface area contributed by atoms with Crippen LogP contribution in [-0.2, 0) is 0 Å². The first-order valence-electron chi connectivity index (χ1n) is 11.6. The van der Waals surface area contributed by atoms with Crippen LogP contribution in [0.5, 0.6) is 11.5 Å². The van der Waals surface area contributed by atoms with E-state index >= 15 is 0 Å². The zero-order valence-corrected chi connectivity index (χ0v) is 19.3. The van der Waals surface area contributed by atoms with Gasteiger partial charge in [-0.3, -0.25) is 0 Å². The molecule has 2 N–H and O–H groups in total. The molecule has 0 atom stereocenters. The van der Waals surface area contributed by atoms with Crippen molar-refractivity contribution in [2.75, 3.05) is 13.2 Å². The number of rotatable bonds is 15. The van der Waals surface area contributed by atoms with E-state index in [1.807, 2.05) is 24.3 Å². The van der Waals surface area contributed by atoms with Crippen molar-refractivity contribution in [3.8, 4) is 11.5 Å². The maximum Gasteiger partial charge on any atom is 0.139 e. The number of hydrogen-bond donors (Lipinski definition) is 2. The summed E-state index contributed by atoms with van der Waals surface area (Å²) in [5.41, 5.74) is 1.59. The molecule has 0 bridgehead atoms. The molecule has 6 heteroatoms. The fraction of sp³-hybridized carbons (Fsp3) is 0.462.